The molecule has 2 aromatic carbocycles. The Kier molecular flexibility index (Phi) is 6.43. The number of aliphatic carboxylic acids is 1. The molecule has 5 nitrogen and oxygen atoms in total. The second-order valence-corrected chi connectivity index (χ2v) is 5.42. The fourth-order valence-electron chi connectivity index (χ4n) is 2.25. The molecular weight excluding hydrogens is 344 g/mol. The molecule has 0 bridgehead atoms. The molecule has 7 heteroatoms. The van der Waals surface area contributed by atoms with Crippen LogP contribution in [0.15, 0.2) is 48.5 Å². The van der Waals surface area contributed by atoms with E-state index < -0.39 is 29.6 Å². The van der Waals surface area contributed by atoms with Gasteiger partial charge in [-0.1, -0.05) is 18.2 Å². The van der Waals surface area contributed by atoms with Crippen molar-refractivity contribution in [2.24, 2.45) is 0 Å². The normalized spacial score (nSPS) is 12.0. The maximum Gasteiger partial charge on any atom is 0.326 e. The third-order valence-corrected chi connectivity index (χ3v) is 3.61. The number of benzene rings is 2. The van der Waals surface area contributed by atoms with Gasteiger partial charge in [0.15, 0.2) is 0 Å². The first-order chi connectivity index (χ1) is 12.4. The van der Waals surface area contributed by atoms with E-state index in [2.05, 4.69) is 5.32 Å². The largest absolute Gasteiger partial charge is 0.497 e. The van der Waals surface area contributed by atoms with E-state index in [1.54, 1.807) is 24.3 Å². The quantitative estimate of drug-likeness (QED) is 0.744. The number of halogens is 2. The Labute approximate surface area is 148 Å². The van der Waals surface area contributed by atoms with Crippen molar-refractivity contribution in [2.45, 2.75) is 12.5 Å². The SMILES string of the molecule is COc1ccc(C[C@H](NC(=O)C=Cc2c(F)cccc2F)C(=O)O)cc1. The van der Waals surface area contributed by atoms with E-state index in [0.29, 0.717) is 11.3 Å². The summed E-state index contributed by atoms with van der Waals surface area (Å²) in [6.45, 7) is 0. The number of ether oxygens (including phenoxy) is 1. The molecule has 2 N–H and O–H groups in total. The minimum atomic E-state index is -1.22. The van der Waals surface area contributed by atoms with Crippen molar-refractivity contribution in [1.82, 2.24) is 5.32 Å². The Balaban J connectivity index is 2.05. The molecule has 0 heterocycles. The van der Waals surface area contributed by atoms with Gasteiger partial charge in [0.1, 0.15) is 23.4 Å². The zero-order valence-electron chi connectivity index (χ0n) is 13.9. The summed E-state index contributed by atoms with van der Waals surface area (Å²) in [4.78, 5) is 23.3. The van der Waals surface area contributed by atoms with E-state index >= 15 is 0 Å². The zero-order valence-corrected chi connectivity index (χ0v) is 13.9. The fourth-order valence-corrected chi connectivity index (χ4v) is 2.25. The summed E-state index contributed by atoms with van der Waals surface area (Å²) in [5.41, 5.74) is 0.312. The van der Waals surface area contributed by atoms with Gasteiger partial charge in [0.25, 0.3) is 0 Å². The van der Waals surface area contributed by atoms with Crippen LogP contribution in [0.4, 0.5) is 8.78 Å². The van der Waals surface area contributed by atoms with Crippen LogP contribution in [0, 0.1) is 11.6 Å². The summed E-state index contributed by atoms with van der Waals surface area (Å²) in [5, 5.41) is 11.6. The van der Waals surface area contributed by atoms with Gasteiger partial charge in [0.2, 0.25) is 5.91 Å². The average Bonchev–Trinajstić information content (AvgIpc) is 2.61. The highest BCUT2D eigenvalue weighted by Gasteiger charge is 2.19. The molecule has 2 aromatic rings. The molecule has 0 saturated heterocycles. The summed E-state index contributed by atoms with van der Waals surface area (Å²) >= 11 is 0. The number of rotatable bonds is 7. The van der Waals surface area contributed by atoms with Gasteiger partial charge in [0.05, 0.1) is 7.11 Å². The third-order valence-electron chi connectivity index (χ3n) is 3.61. The van der Waals surface area contributed by atoms with Crippen LogP contribution in [-0.4, -0.2) is 30.1 Å². The number of nitrogens with one attached hydrogen (secondary N) is 1. The molecule has 2 rings (SSSR count). The maximum atomic E-state index is 13.5. The lowest BCUT2D eigenvalue weighted by molar-refractivity contribution is -0.141. The van der Waals surface area contributed by atoms with Gasteiger partial charge in [-0.3, -0.25) is 4.79 Å². The minimum absolute atomic E-state index is 0.0486. The molecule has 0 spiro atoms. The lowest BCUT2D eigenvalue weighted by atomic mass is 10.1. The number of hydrogen-bond acceptors (Lipinski definition) is 3. The van der Waals surface area contributed by atoms with Crippen molar-refractivity contribution < 1.29 is 28.2 Å². The van der Waals surface area contributed by atoms with Gasteiger partial charge in [-0.2, -0.15) is 0 Å². The highest BCUT2D eigenvalue weighted by molar-refractivity contribution is 5.94. The van der Waals surface area contributed by atoms with Gasteiger partial charge in [-0.15, -0.1) is 0 Å². The molecule has 0 aliphatic carbocycles. The van der Waals surface area contributed by atoms with Gasteiger partial charge < -0.3 is 15.2 Å². The van der Waals surface area contributed by atoms with Crippen LogP contribution < -0.4 is 10.1 Å². The molecule has 136 valence electrons. The number of carbonyl (C=O) groups excluding carboxylic acids is 1. The second kappa shape index (κ2) is 8.75. The standard InChI is InChI=1S/C19H17F2NO4/c1-26-13-7-5-12(6-8-13)11-17(19(24)25)22-18(23)10-9-14-15(20)3-2-4-16(14)21/h2-10,17H,11H2,1H3,(H,22,23)(H,24,25)/t17-/m0/s1. The van der Waals surface area contributed by atoms with Crippen LogP contribution in [0.25, 0.3) is 6.08 Å². The first-order valence-corrected chi connectivity index (χ1v) is 7.69. The summed E-state index contributed by atoms with van der Waals surface area (Å²) in [6.07, 6.45) is 1.91. The first kappa shape index (κ1) is 19.1. The van der Waals surface area contributed by atoms with E-state index in [-0.39, 0.29) is 12.0 Å². The van der Waals surface area contributed by atoms with Gasteiger partial charge in [-0.25, -0.2) is 13.6 Å². The number of carboxylic acid groups (broad SMARTS) is 1. The first-order valence-electron chi connectivity index (χ1n) is 7.69. The maximum absolute atomic E-state index is 13.5. The predicted octanol–water partition coefficient (Wildman–Crippen LogP) is 2.80. The smallest absolute Gasteiger partial charge is 0.326 e. The summed E-state index contributed by atoms with van der Waals surface area (Å²) in [6, 6.07) is 8.86. The lowest BCUT2D eigenvalue weighted by Crippen LogP contribution is -2.41. The van der Waals surface area contributed by atoms with Gasteiger partial charge in [-0.05, 0) is 35.9 Å². The Morgan fingerprint density at radius 2 is 1.77 bits per heavy atom. The topological polar surface area (TPSA) is 75.6 Å². The van der Waals surface area contributed by atoms with Crippen LogP contribution >= 0.6 is 0 Å². The van der Waals surface area contributed by atoms with Gasteiger partial charge >= 0.3 is 5.97 Å². The van der Waals surface area contributed by atoms with Crippen LogP contribution in [0.3, 0.4) is 0 Å². The predicted molar refractivity (Wildman–Crippen MR) is 91.7 cm³/mol. The van der Waals surface area contributed by atoms with Crippen LogP contribution in [0.1, 0.15) is 11.1 Å². The molecule has 0 fully saturated rings. The fraction of sp³-hybridized carbons (Fsp3) is 0.158. The van der Waals surface area contributed by atoms with Crippen molar-refractivity contribution >= 4 is 18.0 Å². The highest BCUT2D eigenvalue weighted by Crippen LogP contribution is 2.14. The molecule has 0 aliphatic heterocycles. The summed E-state index contributed by atoms with van der Waals surface area (Å²) in [5.74, 6) is -3.00. The van der Waals surface area contributed by atoms with Crippen LogP contribution in [0.2, 0.25) is 0 Å². The van der Waals surface area contributed by atoms with Crippen molar-refractivity contribution in [2.75, 3.05) is 7.11 Å². The van der Waals surface area contributed by atoms with Crippen molar-refractivity contribution in [3.05, 3.63) is 71.3 Å². The molecule has 26 heavy (non-hydrogen) atoms. The zero-order chi connectivity index (χ0) is 19.1. The molecule has 0 aliphatic rings. The Morgan fingerprint density at radius 1 is 1.15 bits per heavy atom. The third kappa shape index (κ3) is 5.14. The molecule has 1 atom stereocenters. The van der Waals surface area contributed by atoms with E-state index in [1.165, 1.54) is 13.2 Å². The molecule has 0 radical (unpaired) electrons. The Hall–Kier alpha value is -3.22. The molecule has 1 amide bonds. The van der Waals surface area contributed by atoms with Crippen molar-refractivity contribution in [3.63, 3.8) is 0 Å². The van der Waals surface area contributed by atoms with Crippen molar-refractivity contribution in [1.29, 1.82) is 0 Å². The molecule has 0 aromatic heterocycles. The van der Waals surface area contributed by atoms with E-state index in [1.807, 2.05) is 0 Å². The number of hydrogen-bond donors (Lipinski definition) is 2. The van der Waals surface area contributed by atoms with E-state index in [9.17, 15) is 23.5 Å². The summed E-state index contributed by atoms with van der Waals surface area (Å²) in [7, 11) is 1.51. The van der Waals surface area contributed by atoms with Crippen LogP contribution in [0.5, 0.6) is 5.75 Å². The number of carbonyl (C=O) groups is 2. The van der Waals surface area contributed by atoms with Crippen molar-refractivity contribution in [3.8, 4) is 5.75 Å². The number of amides is 1. The second-order valence-electron chi connectivity index (χ2n) is 5.42. The Morgan fingerprint density at radius 3 is 2.31 bits per heavy atom. The molecule has 0 saturated carbocycles. The molecule has 0 unspecified atom stereocenters. The van der Waals surface area contributed by atoms with Gasteiger partial charge in [0, 0.05) is 18.1 Å². The highest BCUT2D eigenvalue weighted by atomic mass is 19.1. The van der Waals surface area contributed by atoms with E-state index in [0.717, 1.165) is 24.3 Å². The Bertz CT molecular complexity index is 799. The lowest BCUT2D eigenvalue weighted by Gasteiger charge is -2.13. The molecular formula is C19H17F2NO4. The average molecular weight is 361 g/mol. The number of carboxylic acids is 1. The summed E-state index contributed by atoms with van der Waals surface area (Å²) < 4.78 is 32.1. The van der Waals surface area contributed by atoms with Crippen LogP contribution in [-0.2, 0) is 16.0 Å². The van der Waals surface area contributed by atoms with E-state index in [4.69, 9.17) is 4.74 Å². The number of methoxy groups -OCH3 is 1. The minimum Gasteiger partial charge on any atom is -0.497 e. The monoisotopic (exact) mass is 361 g/mol.